The molecule has 0 unspecified atom stereocenters. The van der Waals surface area contributed by atoms with Gasteiger partial charge in [-0.25, -0.2) is 0 Å². The predicted molar refractivity (Wildman–Crippen MR) is 279 cm³/mol. The van der Waals surface area contributed by atoms with E-state index in [4.69, 9.17) is 34.8 Å². The van der Waals surface area contributed by atoms with Crippen molar-refractivity contribution in [3.63, 3.8) is 0 Å². The topological polar surface area (TPSA) is 235 Å². The van der Waals surface area contributed by atoms with Gasteiger partial charge in [0, 0.05) is 142 Å². The molecule has 13 nitrogen and oxygen atoms in total. The van der Waals surface area contributed by atoms with Gasteiger partial charge in [0.2, 0.25) is 11.5 Å². The predicted octanol–water partition coefficient (Wildman–Crippen LogP) is 14.3. The van der Waals surface area contributed by atoms with Gasteiger partial charge >= 0.3 is 18.5 Å². The molecule has 4 N–H and O–H groups in total. The van der Waals surface area contributed by atoms with Crippen molar-refractivity contribution in [2.75, 3.05) is 0 Å². The van der Waals surface area contributed by atoms with Gasteiger partial charge in [-0.15, -0.1) is 0 Å². The van der Waals surface area contributed by atoms with Crippen molar-refractivity contribution in [1.82, 2.24) is 0 Å². The molecule has 6 aromatic carbocycles. The van der Waals surface area contributed by atoms with Crippen molar-refractivity contribution in [3.05, 3.63) is 192 Å². The number of allylic oxidation sites excluding steroid dienone is 2. The molecule has 81 heavy (non-hydrogen) atoms. The second kappa shape index (κ2) is 46.4. The largest absolute Gasteiger partial charge is 0.504 e. The monoisotopic (exact) mass is 1430 g/mol. The number of ketones is 3. The maximum atomic E-state index is 11.4. The van der Waals surface area contributed by atoms with Crippen LogP contribution in [0.4, 0.5) is 39.5 Å². The van der Waals surface area contributed by atoms with E-state index in [1.165, 1.54) is 16.7 Å². The Labute approximate surface area is 543 Å². The molecular weight excluding hydrogens is 1370 g/mol. The molecular formula is C57H57Eu2F9O13. The van der Waals surface area contributed by atoms with Crippen LogP contribution in [-0.4, -0.2) is 93.1 Å². The molecule has 0 saturated carbocycles. The van der Waals surface area contributed by atoms with Crippen molar-refractivity contribution in [1.29, 1.82) is 0 Å². The molecule has 0 heterocycles. The Hall–Kier alpha value is -6.17. The number of hydrogen-bond donors (Lipinski definition) is 4. The van der Waals surface area contributed by atoms with Crippen molar-refractivity contribution in [2.24, 2.45) is 0 Å². The van der Waals surface area contributed by atoms with E-state index >= 15 is 0 Å². The third-order valence-corrected chi connectivity index (χ3v) is 8.02. The number of alkyl halides is 9. The fraction of sp³-hybridized carbons (Fsp3) is 0.175. The number of hydrogen-bond acceptors (Lipinski definition) is 10. The number of aldehydes is 3. The summed E-state index contributed by atoms with van der Waals surface area (Å²) in [5.74, 6) is -10.6. The van der Waals surface area contributed by atoms with Crippen molar-refractivity contribution in [2.45, 2.75) is 67.5 Å². The van der Waals surface area contributed by atoms with Crippen LogP contribution < -0.4 is 0 Å². The summed E-state index contributed by atoms with van der Waals surface area (Å²) in [4.78, 5) is 88.1. The number of carbonyl (C=O) groups excluding carboxylic acids is 6. The summed E-state index contributed by atoms with van der Waals surface area (Å²) in [5.41, 5.74) is 9.06. The van der Waals surface area contributed by atoms with Crippen LogP contribution in [0, 0.1) is 98.8 Å². The number of Topliss-reactive ketones (excluding diaryl/α,β-unsaturated/α-hetero) is 2. The Morgan fingerprint density at radius 3 is 0.728 bits per heavy atom. The molecule has 0 bridgehead atoms. The third kappa shape index (κ3) is 45.2. The fourth-order valence-electron chi connectivity index (χ4n) is 4.77. The minimum atomic E-state index is -5.42. The summed E-state index contributed by atoms with van der Waals surface area (Å²) >= 11 is 0. The average molecular weight is 1420 g/mol. The number of carbonyl (C=O) groups is 9. The van der Waals surface area contributed by atoms with E-state index in [0.29, 0.717) is 16.7 Å². The maximum Gasteiger partial charge on any atom is 0.454 e. The van der Waals surface area contributed by atoms with Gasteiger partial charge in [-0.2, -0.15) is 39.5 Å². The molecule has 0 spiro atoms. The van der Waals surface area contributed by atoms with Gasteiger partial charge in [0.1, 0.15) is 24.6 Å². The summed E-state index contributed by atoms with van der Waals surface area (Å²) in [5, 5.41) is 30.2. The zero-order valence-electron chi connectivity index (χ0n) is 41.7. The summed E-state index contributed by atoms with van der Waals surface area (Å²) in [6, 6.07) is 53.0. The fourth-order valence-corrected chi connectivity index (χ4v) is 4.77. The standard InChI is InChI=1S/3C13H10O.C5H2F6O2.C5H5F3O2.3C2H4O2.2CH4.2Eu/c3*14-10-11-6-8-13(9-7-11)12-4-2-1-3-5-12;6-4(7,8)2(12)1-3(13)5(9,10)11;1-3(9)2-4(10)5(6,7)8;3*1-2(3)4;;;;/h3*1-10H;1,12H;2H2,1H3;3*1H3,(H,3,4);2*1H4;;. The first kappa shape index (κ1) is 86.1. The van der Waals surface area contributed by atoms with E-state index < -0.39 is 72.0 Å². The Balaban J connectivity index is -0.000000205. The molecule has 0 aliphatic heterocycles. The Bertz CT molecular complexity index is 2540. The number of halogens is 9. The van der Waals surface area contributed by atoms with Crippen molar-refractivity contribution in [3.8, 4) is 33.4 Å². The first-order chi connectivity index (χ1) is 35.8. The van der Waals surface area contributed by atoms with E-state index in [1.54, 1.807) is 0 Å². The van der Waals surface area contributed by atoms with Gasteiger partial charge < -0.3 is 20.4 Å². The van der Waals surface area contributed by atoms with Gasteiger partial charge in [0.25, 0.3) is 23.7 Å². The number of carboxylic acids is 3. The first-order valence-corrected chi connectivity index (χ1v) is 21.4. The Morgan fingerprint density at radius 2 is 0.580 bits per heavy atom. The molecule has 0 aliphatic rings. The van der Waals surface area contributed by atoms with Crippen LogP contribution in [0.15, 0.2) is 176 Å². The Morgan fingerprint density at radius 1 is 0.370 bits per heavy atom. The summed E-state index contributed by atoms with van der Waals surface area (Å²) in [7, 11) is 0. The second-order valence-corrected chi connectivity index (χ2v) is 14.6. The van der Waals surface area contributed by atoms with E-state index in [2.05, 4.69) is 36.4 Å². The van der Waals surface area contributed by atoms with Crippen LogP contribution in [-0.2, 0) is 28.8 Å². The van der Waals surface area contributed by atoms with E-state index in [1.807, 2.05) is 127 Å². The minimum Gasteiger partial charge on any atom is -0.504 e. The number of aliphatic hydroxyl groups is 1. The summed E-state index contributed by atoms with van der Waals surface area (Å²) < 4.78 is 102. The minimum absolute atomic E-state index is 0. The molecule has 0 fully saturated rings. The normalized spacial score (nSPS) is 9.67. The zero-order valence-corrected chi connectivity index (χ0v) is 46.6. The van der Waals surface area contributed by atoms with Crippen molar-refractivity contribution < 1.29 is 202 Å². The number of aliphatic carboxylic acids is 3. The zero-order chi connectivity index (χ0) is 59.4. The van der Waals surface area contributed by atoms with Gasteiger partial charge in [-0.1, -0.05) is 179 Å². The van der Waals surface area contributed by atoms with E-state index in [9.17, 15) is 68.3 Å². The SMILES string of the molecule is C.C.CC(=O)CC(=O)C(F)(F)F.CC(=O)O.CC(=O)O.CC(=O)O.O=C(C=C(O)C(F)(F)F)C(F)(F)F.O=Cc1ccc(-c2ccccc2)cc1.O=Cc1ccc(-c2ccccc2)cc1.O=Cc1ccc(-c2ccccc2)cc1.[Eu].[Eu]. The van der Waals surface area contributed by atoms with E-state index in [0.717, 1.165) is 63.2 Å². The quantitative estimate of drug-likeness (QED) is 0.0347. The van der Waals surface area contributed by atoms with E-state index in [-0.39, 0.29) is 114 Å². The van der Waals surface area contributed by atoms with Gasteiger partial charge in [0.15, 0.2) is 0 Å². The van der Waals surface area contributed by atoms with Gasteiger partial charge in [0.05, 0.1) is 6.42 Å². The molecule has 24 heteroatoms. The first-order valence-electron chi connectivity index (χ1n) is 21.4. The second-order valence-electron chi connectivity index (χ2n) is 14.6. The van der Waals surface area contributed by atoms with Crippen LogP contribution in [0.25, 0.3) is 33.4 Å². The van der Waals surface area contributed by atoms with Crippen LogP contribution in [0.1, 0.15) is 80.0 Å². The van der Waals surface area contributed by atoms with Crippen LogP contribution in [0.3, 0.4) is 0 Å². The Kier molecular flexibility index (Phi) is 49.4. The number of rotatable bonds is 9. The molecule has 6 aromatic rings. The maximum absolute atomic E-state index is 11.4. The van der Waals surface area contributed by atoms with Crippen LogP contribution >= 0.6 is 0 Å². The molecule has 0 atom stereocenters. The molecule has 0 saturated heterocycles. The molecule has 440 valence electrons. The molecule has 2 radical (unpaired) electrons. The number of carboxylic acid groups (broad SMARTS) is 3. The van der Waals surface area contributed by atoms with Crippen molar-refractivity contribution >= 4 is 54.1 Å². The van der Waals surface area contributed by atoms with Crippen LogP contribution in [0.2, 0.25) is 0 Å². The summed E-state index contributed by atoms with van der Waals surface area (Å²) in [6.45, 7) is 4.18. The average Bonchev–Trinajstić information content (AvgIpc) is 3.36. The molecule has 6 rings (SSSR count). The smallest absolute Gasteiger partial charge is 0.454 e. The third-order valence-electron chi connectivity index (χ3n) is 8.02. The number of benzene rings is 6. The number of aliphatic hydroxyl groups excluding tert-OH is 1. The van der Waals surface area contributed by atoms with Gasteiger partial charge in [-0.3, -0.25) is 43.2 Å². The van der Waals surface area contributed by atoms with Gasteiger partial charge in [-0.05, 0) is 40.3 Å². The summed E-state index contributed by atoms with van der Waals surface area (Å²) in [6.07, 6.45) is -15.0. The molecule has 0 amide bonds. The van der Waals surface area contributed by atoms with Crippen LogP contribution in [0.5, 0.6) is 0 Å². The molecule has 0 aliphatic carbocycles. The molecule has 0 aromatic heterocycles.